The molecule has 0 spiro atoms. The summed E-state index contributed by atoms with van der Waals surface area (Å²) >= 11 is 6.06. The van der Waals surface area contributed by atoms with Gasteiger partial charge in [-0.25, -0.2) is 0 Å². The number of hydrogen-bond acceptors (Lipinski definition) is 5. The van der Waals surface area contributed by atoms with Crippen molar-refractivity contribution in [3.05, 3.63) is 33.8 Å². The number of rotatable bonds is 5. The second-order valence-corrected chi connectivity index (χ2v) is 6.38. The van der Waals surface area contributed by atoms with E-state index in [4.69, 9.17) is 11.6 Å². The third-order valence-electron chi connectivity index (χ3n) is 2.97. The number of nitrogens with zero attached hydrogens (tertiary/aromatic N) is 2. The number of aromatic nitrogens is 2. The first-order valence-electron chi connectivity index (χ1n) is 6.91. The Bertz CT molecular complexity index is 795. The topological polar surface area (TPSA) is 84.0 Å². The first-order valence-corrected chi connectivity index (χ1v) is 8.11. The molecule has 0 unspecified atom stereocenters. The van der Waals surface area contributed by atoms with Crippen LogP contribution in [0.4, 0.5) is 24.0 Å². The van der Waals surface area contributed by atoms with Gasteiger partial charge in [-0.3, -0.25) is 9.59 Å². The summed E-state index contributed by atoms with van der Waals surface area (Å²) in [6.45, 7) is 1.78. The molecule has 2 rings (SSSR count). The number of carbonyl (C=O) groups excluding carboxylic acids is 2. The third kappa shape index (κ3) is 5.68. The fraction of sp³-hybridized carbons (Fsp3) is 0.286. The lowest BCUT2D eigenvalue weighted by Crippen LogP contribution is -2.17. The Morgan fingerprint density at radius 2 is 1.80 bits per heavy atom. The van der Waals surface area contributed by atoms with Crippen molar-refractivity contribution >= 4 is 45.6 Å². The molecule has 1 aromatic carbocycles. The molecule has 0 saturated heterocycles. The molecule has 1 aromatic heterocycles. The molecule has 6 nitrogen and oxygen atoms in total. The molecule has 0 aliphatic heterocycles. The number of hydrogen-bond donors (Lipinski definition) is 2. The highest BCUT2D eigenvalue weighted by atomic mass is 35.5. The Labute approximate surface area is 149 Å². The van der Waals surface area contributed by atoms with Gasteiger partial charge in [-0.15, -0.1) is 10.2 Å². The highest BCUT2D eigenvalue weighted by Gasteiger charge is 2.35. The van der Waals surface area contributed by atoms with Crippen LogP contribution in [-0.4, -0.2) is 22.0 Å². The van der Waals surface area contributed by atoms with Crippen LogP contribution in [0.5, 0.6) is 0 Å². The van der Waals surface area contributed by atoms with Gasteiger partial charge in [0.15, 0.2) is 0 Å². The van der Waals surface area contributed by atoms with Crippen LogP contribution in [0, 0.1) is 6.92 Å². The quantitative estimate of drug-likeness (QED) is 0.808. The molecule has 0 radical (unpaired) electrons. The van der Waals surface area contributed by atoms with Crippen molar-refractivity contribution in [3.63, 3.8) is 0 Å². The highest BCUT2D eigenvalue weighted by molar-refractivity contribution is 7.15. The van der Waals surface area contributed by atoms with Crippen molar-refractivity contribution in [2.45, 2.75) is 25.9 Å². The molecule has 2 N–H and O–H groups in total. The van der Waals surface area contributed by atoms with E-state index >= 15 is 0 Å². The molecular weight excluding hydrogens is 381 g/mol. The highest BCUT2D eigenvalue weighted by Crippen LogP contribution is 2.33. The maximum atomic E-state index is 12.4. The minimum atomic E-state index is -4.62. The van der Waals surface area contributed by atoms with E-state index in [2.05, 4.69) is 20.8 Å². The van der Waals surface area contributed by atoms with Gasteiger partial charge in [0, 0.05) is 23.6 Å². The first kappa shape index (κ1) is 19.1. The zero-order valence-corrected chi connectivity index (χ0v) is 14.3. The molecule has 0 aliphatic carbocycles. The molecule has 0 aliphatic rings. The van der Waals surface area contributed by atoms with E-state index in [0.29, 0.717) is 10.7 Å². The van der Waals surface area contributed by atoms with Crippen LogP contribution in [0.2, 0.25) is 5.02 Å². The van der Waals surface area contributed by atoms with E-state index in [9.17, 15) is 22.8 Å². The van der Waals surface area contributed by atoms with E-state index in [1.165, 1.54) is 0 Å². The zero-order valence-electron chi connectivity index (χ0n) is 12.8. The van der Waals surface area contributed by atoms with Crippen molar-refractivity contribution < 1.29 is 22.8 Å². The Kier molecular flexibility index (Phi) is 5.96. The Morgan fingerprint density at radius 1 is 1.16 bits per heavy atom. The van der Waals surface area contributed by atoms with Gasteiger partial charge in [-0.2, -0.15) is 13.2 Å². The van der Waals surface area contributed by atoms with Crippen LogP contribution in [0.25, 0.3) is 0 Å². The van der Waals surface area contributed by atoms with Crippen molar-refractivity contribution in [3.8, 4) is 0 Å². The Morgan fingerprint density at radius 3 is 2.40 bits per heavy atom. The van der Waals surface area contributed by atoms with E-state index in [1.54, 1.807) is 25.1 Å². The number of anilines is 2. The van der Waals surface area contributed by atoms with Crippen LogP contribution >= 0.6 is 22.9 Å². The van der Waals surface area contributed by atoms with Crippen molar-refractivity contribution in [1.29, 1.82) is 0 Å². The lowest BCUT2D eigenvalue weighted by Gasteiger charge is -2.08. The van der Waals surface area contributed by atoms with E-state index < -0.39 is 23.0 Å². The lowest BCUT2D eigenvalue weighted by atomic mass is 10.2. The number of carbonyl (C=O) groups is 2. The van der Waals surface area contributed by atoms with Gasteiger partial charge in [-0.05, 0) is 24.6 Å². The summed E-state index contributed by atoms with van der Waals surface area (Å²) in [7, 11) is 0. The number of alkyl halides is 3. The van der Waals surface area contributed by atoms with Crippen LogP contribution < -0.4 is 10.6 Å². The van der Waals surface area contributed by atoms with Gasteiger partial charge in [0.2, 0.25) is 22.0 Å². The van der Waals surface area contributed by atoms with E-state index in [-0.39, 0.29) is 29.3 Å². The number of halogens is 4. The molecule has 25 heavy (non-hydrogen) atoms. The summed E-state index contributed by atoms with van der Waals surface area (Å²) in [5.41, 5.74) is 1.33. The second-order valence-electron chi connectivity index (χ2n) is 4.97. The average Bonchev–Trinajstić information content (AvgIpc) is 2.97. The zero-order chi connectivity index (χ0) is 18.6. The van der Waals surface area contributed by atoms with Crippen LogP contribution in [-0.2, 0) is 15.8 Å². The average molecular weight is 393 g/mol. The molecule has 0 atom stereocenters. The van der Waals surface area contributed by atoms with Crippen molar-refractivity contribution in [2.75, 3.05) is 10.6 Å². The lowest BCUT2D eigenvalue weighted by molar-refractivity contribution is -0.138. The number of benzene rings is 1. The summed E-state index contributed by atoms with van der Waals surface area (Å²) in [6.07, 6.45) is -4.98. The molecule has 2 aromatic rings. The van der Waals surface area contributed by atoms with Crippen molar-refractivity contribution in [2.24, 2.45) is 0 Å². The fourth-order valence-electron chi connectivity index (χ4n) is 1.74. The van der Waals surface area contributed by atoms with Crippen LogP contribution in [0.1, 0.15) is 23.4 Å². The molecular formula is C14H12ClF3N4O2S. The number of aryl methyl sites for hydroxylation is 1. The molecule has 11 heteroatoms. The van der Waals surface area contributed by atoms with Crippen LogP contribution in [0.15, 0.2) is 18.2 Å². The second kappa shape index (κ2) is 7.79. The van der Waals surface area contributed by atoms with Crippen LogP contribution in [0.3, 0.4) is 0 Å². The SMILES string of the molecule is Cc1ccc(Cl)cc1NC(=O)CCC(=O)Nc1nnc(C(F)(F)F)s1. The fourth-order valence-corrected chi connectivity index (χ4v) is 2.54. The van der Waals surface area contributed by atoms with Gasteiger partial charge in [0.25, 0.3) is 0 Å². The predicted molar refractivity (Wildman–Crippen MR) is 87.6 cm³/mol. The summed E-state index contributed by atoms with van der Waals surface area (Å²) in [5, 5.41) is 10.0. The maximum Gasteiger partial charge on any atom is 0.445 e. The van der Waals surface area contributed by atoms with Crippen molar-refractivity contribution in [1.82, 2.24) is 10.2 Å². The van der Waals surface area contributed by atoms with E-state index in [1.807, 2.05) is 0 Å². The van der Waals surface area contributed by atoms with Gasteiger partial charge < -0.3 is 10.6 Å². The van der Waals surface area contributed by atoms with Gasteiger partial charge >= 0.3 is 6.18 Å². The van der Waals surface area contributed by atoms with E-state index in [0.717, 1.165) is 5.56 Å². The standard InChI is InChI=1S/C14H12ClF3N4O2S/c1-7-2-3-8(15)6-9(7)19-10(23)4-5-11(24)20-13-22-21-12(25-13)14(16,17)18/h2-3,6H,4-5H2,1H3,(H,19,23)(H,20,22,24). The minimum Gasteiger partial charge on any atom is -0.326 e. The van der Waals surface area contributed by atoms with Gasteiger partial charge in [-0.1, -0.05) is 29.0 Å². The Balaban J connectivity index is 1.84. The molecule has 2 amide bonds. The first-order chi connectivity index (χ1) is 11.6. The number of nitrogens with one attached hydrogen (secondary N) is 2. The summed E-state index contributed by atoms with van der Waals surface area (Å²) < 4.78 is 37.2. The predicted octanol–water partition coefficient (Wildman–Crippen LogP) is 3.88. The third-order valence-corrected chi connectivity index (χ3v) is 4.09. The summed E-state index contributed by atoms with van der Waals surface area (Å²) in [4.78, 5) is 23.6. The summed E-state index contributed by atoms with van der Waals surface area (Å²) in [6, 6.07) is 4.99. The monoisotopic (exact) mass is 392 g/mol. The smallest absolute Gasteiger partial charge is 0.326 e. The summed E-state index contributed by atoms with van der Waals surface area (Å²) in [5.74, 6) is -1.06. The minimum absolute atomic E-state index is 0.150. The normalized spacial score (nSPS) is 11.2. The number of amides is 2. The van der Waals surface area contributed by atoms with Gasteiger partial charge in [0.05, 0.1) is 0 Å². The molecule has 0 fully saturated rings. The molecule has 0 bridgehead atoms. The van der Waals surface area contributed by atoms with Gasteiger partial charge in [0.1, 0.15) is 0 Å². The molecule has 0 saturated carbocycles. The molecule has 134 valence electrons. The maximum absolute atomic E-state index is 12.4. The Hall–Kier alpha value is -2.20. The largest absolute Gasteiger partial charge is 0.445 e. The molecule has 1 heterocycles.